The van der Waals surface area contributed by atoms with Crippen molar-refractivity contribution in [3.05, 3.63) is 0 Å². The minimum absolute atomic E-state index is 0. The SMILES string of the molecule is CCCCCCCCCCCCCC(=O)N(CCO)CCN(CC(=O)O)CC(=O)O.[Na+].[Na+]. The number of unbranched alkanes of at least 4 members (excludes halogenated alkanes) is 10. The molecule has 0 saturated heterocycles. The third-order valence-corrected chi connectivity index (χ3v) is 5.12. The molecule has 0 aromatic heterocycles. The Hall–Kier alpha value is 0.330. The number of carbonyl (C=O) groups is 3. The van der Waals surface area contributed by atoms with Gasteiger partial charge < -0.3 is 20.2 Å². The van der Waals surface area contributed by atoms with Crippen LogP contribution in [0.25, 0.3) is 0 Å². The fourth-order valence-corrected chi connectivity index (χ4v) is 3.44. The molecule has 0 aromatic carbocycles. The van der Waals surface area contributed by atoms with Crippen molar-refractivity contribution in [2.45, 2.75) is 84.0 Å². The summed E-state index contributed by atoms with van der Waals surface area (Å²) in [4.78, 5) is 36.9. The smallest absolute Gasteiger partial charge is 0.480 e. The third-order valence-electron chi connectivity index (χ3n) is 5.12. The second kappa shape index (κ2) is 25.9. The van der Waals surface area contributed by atoms with Crippen LogP contribution in [0.5, 0.6) is 0 Å². The van der Waals surface area contributed by atoms with Gasteiger partial charge in [0.1, 0.15) is 0 Å². The van der Waals surface area contributed by atoms with Gasteiger partial charge >= 0.3 is 71.1 Å². The second-order valence-electron chi connectivity index (χ2n) is 7.89. The van der Waals surface area contributed by atoms with Crippen LogP contribution in [0.15, 0.2) is 0 Å². The van der Waals surface area contributed by atoms with Crippen molar-refractivity contribution in [1.29, 1.82) is 0 Å². The van der Waals surface area contributed by atoms with Crippen molar-refractivity contribution in [2.75, 3.05) is 39.3 Å². The van der Waals surface area contributed by atoms with Gasteiger partial charge in [0.05, 0.1) is 19.7 Å². The second-order valence-corrected chi connectivity index (χ2v) is 7.89. The Balaban J connectivity index is -0.00000420. The van der Waals surface area contributed by atoms with E-state index in [1.807, 2.05) is 0 Å². The molecule has 0 aliphatic heterocycles. The first-order chi connectivity index (χ1) is 14.4. The maximum absolute atomic E-state index is 12.4. The number of carboxylic acid groups (broad SMARTS) is 2. The molecule has 10 heteroatoms. The van der Waals surface area contributed by atoms with Crippen molar-refractivity contribution < 1.29 is 88.8 Å². The molecule has 0 aliphatic carbocycles. The summed E-state index contributed by atoms with van der Waals surface area (Å²) in [5, 5.41) is 27.0. The normalized spacial score (nSPS) is 10.3. The molecule has 3 N–H and O–H groups in total. The molecule has 0 aromatic rings. The van der Waals surface area contributed by atoms with Crippen LogP contribution in [0.2, 0.25) is 0 Å². The van der Waals surface area contributed by atoms with Gasteiger partial charge in [-0.15, -0.1) is 0 Å². The van der Waals surface area contributed by atoms with E-state index in [4.69, 9.17) is 10.2 Å². The molecule has 0 unspecified atom stereocenters. The molecule has 0 fully saturated rings. The van der Waals surface area contributed by atoms with Crippen LogP contribution in [0.1, 0.15) is 84.0 Å². The van der Waals surface area contributed by atoms with Crippen molar-refractivity contribution in [3.8, 4) is 0 Å². The number of hydrogen-bond donors (Lipinski definition) is 3. The zero-order valence-corrected chi connectivity index (χ0v) is 24.7. The van der Waals surface area contributed by atoms with Crippen molar-refractivity contribution in [3.63, 3.8) is 0 Å². The molecule has 0 atom stereocenters. The molecule has 0 radical (unpaired) electrons. The number of nitrogens with zero attached hydrogens (tertiary/aromatic N) is 2. The Morgan fingerprint density at radius 3 is 1.50 bits per heavy atom. The molecule has 0 rings (SSSR count). The summed E-state index contributed by atoms with van der Waals surface area (Å²) in [7, 11) is 0. The topological polar surface area (TPSA) is 118 Å². The van der Waals surface area contributed by atoms with Gasteiger partial charge in [0.15, 0.2) is 0 Å². The monoisotopic (exact) mass is 476 g/mol. The molecule has 0 bridgehead atoms. The Bertz CT molecular complexity index is 467. The minimum atomic E-state index is -1.11. The predicted octanol–water partition coefficient (Wildman–Crippen LogP) is -3.01. The molecule has 176 valence electrons. The summed E-state index contributed by atoms with van der Waals surface area (Å²) in [6.45, 7) is 1.77. The summed E-state index contributed by atoms with van der Waals surface area (Å²) >= 11 is 0. The Morgan fingerprint density at radius 1 is 0.656 bits per heavy atom. The van der Waals surface area contributed by atoms with Gasteiger partial charge in [0.25, 0.3) is 0 Å². The Morgan fingerprint density at radius 2 is 1.09 bits per heavy atom. The van der Waals surface area contributed by atoms with Gasteiger partial charge in [-0.25, -0.2) is 0 Å². The molecular formula is C22H42N2Na2O6+2. The molecule has 0 spiro atoms. The van der Waals surface area contributed by atoms with Crippen LogP contribution in [-0.4, -0.2) is 82.3 Å². The summed E-state index contributed by atoms with van der Waals surface area (Å²) in [5.74, 6) is -2.31. The van der Waals surface area contributed by atoms with E-state index in [1.165, 1.54) is 61.2 Å². The van der Waals surface area contributed by atoms with Crippen LogP contribution in [-0.2, 0) is 14.4 Å². The minimum Gasteiger partial charge on any atom is -0.480 e. The van der Waals surface area contributed by atoms with E-state index in [0.29, 0.717) is 6.42 Å². The maximum Gasteiger partial charge on any atom is 1.00 e. The Labute approximate surface area is 238 Å². The first-order valence-corrected chi connectivity index (χ1v) is 11.4. The number of hydrogen-bond acceptors (Lipinski definition) is 5. The average Bonchev–Trinajstić information content (AvgIpc) is 2.68. The van der Waals surface area contributed by atoms with Crippen molar-refractivity contribution in [2.24, 2.45) is 0 Å². The summed E-state index contributed by atoms with van der Waals surface area (Å²) in [6, 6.07) is 0. The van der Waals surface area contributed by atoms with Gasteiger partial charge in [0.2, 0.25) is 5.91 Å². The number of amides is 1. The van der Waals surface area contributed by atoms with Crippen LogP contribution < -0.4 is 59.1 Å². The first-order valence-electron chi connectivity index (χ1n) is 11.4. The number of rotatable bonds is 21. The summed E-state index contributed by atoms with van der Waals surface area (Å²) < 4.78 is 0. The van der Waals surface area contributed by atoms with Gasteiger partial charge in [0, 0.05) is 26.1 Å². The van der Waals surface area contributed by atoms with E-state index >= 15 is 0 Å². The van der Waals surface area contributed by atoms with E-state index in [-0.39, 0.29) is 91.3 Å². The van der Waals surface area contributed by atoms with Gasteiger partial charge in [-0.3, -0.25) is 19.3 Å². The summed E-state index contributed by atoms with van der Waals surface area (Å²) in [6.07, 6.45) is 13.6. The fraction of sp³-hybridized carbons (Fsp3) is 0.864. The van der Waals surface area contributed by atoms with Crippen LogP contribution in [0.3, 0.4) is 0 Å². The standard InChI is InChI=1S/C22H42N2O6.2Na/c1-2-3-4-5-6-7-8-9-10-11-12-13-20(26)24(16-17-25)15-14-23(18-21(27)28)19-22(29)30;;/h25H,2-19H2,1H3,(H,27,28)(H,29,30);;/q;2*+1. The van der Waals surface area contributed by atoms with Crippen LogP contribution in [0, 0.1) is 0 Å². The van der Waals surface area contributed by atoms with Crippen molar-refractivity contribution >= 4 is 17.8 Å². The number of aliphatic hydroxyl groups is 1. The van der Waals surface area contributed by atoms with Crippen LogP contribution >= 0.6 is 0 Å². The summed E-state index contributed by atoms with van der Waals surface area (Å²) in [5.41, 5.74) is 0. The number of aliphatic hydroxyl groups excluding tert-OH is 1. The van der Waals surface area contributed by atoms with E-state index < -0.39 is 25.0 Å². The third kappa shape index (κ3) is 23.5. The molecule has 32 heavy (non-hydrogen) atoms. The largest absolute Gasteiger partial charge is 1.00 e. The fourth-order valence-electron chi connectivity index (χ4n) is 3.44. The predicted molar refractivity (Wildman–Crippen MR) is 116 cm³/mol. The average molecular weight is 477 g/mol. The van der Waals surface area contributed by atoms with E-state index in [2.05, 4.69) is 6.92 Å². The first kappa shape index (κ1) is 36.9. The van der Waals surface area contributed by atoms with Crippen LogP contribution in [0.4, 0.5) is 0 Å². The molecule has 0 aliphatic rings. The van der Waals surface area contributed by atoms with Gasteiger partial charge in [-0.2, -0.15) is 0 Å². The molecule has 8 nitrogen and oxygen atoms in total. The number of carboxylic acids is 2. The molecule has 1 amide bonds. The van der Waals surface area contributed by atoms with Gasteiger partial charge in [-0.05, 0) is 6.42 Å². The van der Waals surface area contributed by atoms with Gasteiger partial charge in [-0.1, -0.05) is 71.1 Å². The molecule has 0 heterocycles. The zero-order chi connectivity index (χ0) is 22.6. The van der Waals surface area contributed by atoms with E-state index in [0.717, 1.165) is 19.3 Å². The quantitative estimate of drug-likeness (QED) is 0.119. The Kier molecular flexibility index (Phi) is 29.9. The van der Waals surface area contributed by atoms with E-state index in [9.17, 15) is 19.5 Å². The number of aliphatic carboxylic acids is 2. The number of carbonyl (C=O) groups excluding carboxylic acids is 1. The van der Waals surface area contributed by atoms with E-state index in [1.54, 1.807) is 0 Å². The zero-order valence-electron chi connectivity index (χ0n) is 20.7. The maximum atomic E-state index is 12.4. The molecule has 0 saturated carbocycles. The van der Waals surface area contributed by atoms with Crippen molar-refractivity contribution in [1.82, 2.24) is 9.80 Å². The molecular weight excluding hydrogens is 434 g/mol.